The number of methoxy groups -OCH3 is 1. The molecule has 6 nitrogen and oxygen atoms in total. The zero-order valence-electron chi connectivity index (χ0n) is 16.9. The predicted molar refractivity (Wildman–Crippen MR) is 111 cm³/mol. The first-order chi connectivity index (χ1) is 13.8. The van der Waals surface area contributed by atoms with Crippen molar-refractivity contribution < 1.29 is 23.9 Å². The van der Waals surface area contributed by atoms with Gasteiger partial charge in [-0.25, -0.2) is 4.79 Å². The molecule has 0 spiro atoms. The van der Waals surface area contributed by atoms with E-state index in [1.54, 1.807) is 6.92 Å². The fourth-order valence-electron chi connectivity index (χ4n) is 4.15. The van der Waals surface area contributed by atoms with Crippen LogP contribution < -0.4 is 5.32 Å². The average molecular weight is 462 g/mol. The van der Waals surface area contributed by atoms with Crippen molar-refractivity contribution in [2.24, 2.45) is 11.8 Å². The number of esters is 2. The number of ether oxygens (including phenoxy) is 2. The van der Waals surface area contributed by atoms with Gasteiger partial charge in [0.1, 0.15) is 5.92 Å². The summed E-state index contributed by atoms with van der Waals surface area (Å²) in [6.45, 7) is 5.64. The molecule has 0 amide bonds. The van der Waals surface area contributed by atoms with E-state index in [9.17, 15) is 14.4 Å². The molecule has 0 radical (unpaired) electrons. The number of hydrogen-bond acceptors (Lipinski definition) is 6. The molecule has 154 valence electrons. The van der Waals surface area contributed by atoms with E-state index < -0.39 is 23.8 Å². The van der Waals surface area contributed by atoms with E-state index >= 15 is 0 Å². The molecular formula is C22H24BrNO5. The molecule has 0 unspecified atom stereocenters. The van der Waals surface area contributed by atoms with Crippen LogP contribution in [0.3, 0.4) is 0 Å². The van der Waals surface area contributed by atoms with Crippen LogP contribution in [0.2, 0.25) is 0 Å². The summed E-state index contributed by atoms with van der Waals surface area (Å²) in [7, 11) is 1.28. The second kappa shape index (κ2) is 8.53. The van der Waals surface area contributed by atoms with Crippen molar-refractivity contribution in [1.82, 2.24) is 5.32 Å². The van der Waals surface area contributed by atoms with Gasteiger partial charge < -0.3 is 14.8 Å². The van der Waals surface area contributed by atoms with E-state index in [1.807, 2.05) is 38.1 Å². The van der Waals surface area contributed by atoms with E-state index in [2.05, 4.69) is 21.2 Å². The summed E-state index contributed by atoms with van der Waals surface area (Å²) in [5.41, 5.74) is 3.03. The first-order valence-corrected chi connectivity index (χ1v) is 10.3. The highest BCUT2D eigenvalue weighted by molar-refractivity contribution is 9.10. The molecule has 0 aromatic heterocycles. The Morgan fingerprint density at radius 2 is 1.90 bits per heavy atom. The molecular weight excluding hydrogens is 438 g/mol. The quantitative estimate of drug-likeness (QED) is 0.544. The third kappa shape index (κ3) is 3.88. The van der Waals surface area contributed by atoms with Crippen LogP contribution in [0.4, 0.5) is 0 Å². The number of benzene rings is 1. The van der Waals surface area contributed by atoms with Gasteiger partial charge in [0.05, 0.1) is 19.3 Å². The van der Waals surface area contributed by atoms with Crippen molar-refractivity contribution in [3.8, 4) is 0 Å². The molecule has 29 heavy (non-hydrogen) atoms. The first-order valence-electron chi connectivity index (χ1n) is 9.55. The van der Waals surface area contributed by atoms with Crippen molar-refractivity contribution in [2.45, 2.75) is 33.1 Å². The number of allylic oxidation sites excluding steroid dienone is 3. The van der Waals surface area contributed by atoms with Crippen LogP contribution in [0, 0.1) is 11.8 Å². The lowest BCUT2D eigenvalue weighted by Gasteiger charge is -2.38. The lowest BCUT2D eigenvalue weighted by Crippen LogP contribution is -2.43. The normalized spacial score (nSPS) is 24.0. The summed E-state index contributed by atoms with van der Waals surface area (Å²) in [6.07, 6.45) is 0.515. The minimum atomic E-state index is -0.889. The van der Waals surface area contributed by atoms with Gasteiger partial charge in [0.2, 0.25) is 0 Å². The van der Waals surface area contributed by atoms with Gasteiger partial charge >= 0.3 is 11.9 Å². The Kier molecular flexibility index (Phi) is 6.27. The minimum absolute atomic E-state index is 0.205. The predicted octanol–water partition coefficient (Wildman–Crippen LogP) is 3.63. The number of rotatable bonds is 4. The maximum Gasteiger partial charge on any atom is 0.336 e. The van der Waals surface area contributed by atoms with Gasteiger partial charge in [0.25, 0.3) is 0 Å². The Morgan fingerprint density at radius 3 is 2.48 bits per heavy atom. The van der Waals surface area contributed by atoms with Gasteiger partial charge in [-0.2, -0.15) is 0 Å². The van der Waals surface area contributed by atoms with E-state index in [0.29, 0.717) is 23.3 Å². The number of hydrogen-bond donors (Lipinski definition) is 1. The van der Waals surface area contributed by atoms with Crippen molar-refractivity contribution in [1.29, 1.82) is 0 Å². The van der Waals surface area contributed by atoms with E-state index in [1.165, 1.54) is 7.11 Å². The van der Waals surface area contributed by atoms with Crippen molar-refractivity contribution in [2.75, 3.05) is 13.7 Å². The number of nitrogens with one attached hydrogen (secondary N) is 1. The van der Waals surface area contributed by atoms with E-state index in [0.717, 1.165) is 15.7 Å². The first kappa shape index (κ1) is 21.3. The van der Waals surface area contributed by atoms with Crippen LogP contribution >= 0.6 is 15.9 Å². The van der Waals surface area contributed by atoms with Gasteiger partial charge in [-0.05, 0) is 43.9 Å². The Bertz CT molecular complexity index is 916. The molecule has 3 rings (SSSR count). The summed E-state index contributed by atoms with van der Waals surface area (Å²) in [5.74, 6) is -3.03. The summed E-state index contributed by atoms with van der Waals surface area (Å²) in [4.78, 5) is 38.6. The molecule has 1 N–H and O–H groups in total. The maximum atomic E-state index is 13.5. The highest BCUT2D eigenvalue weighted by Gasteiger charge is 2.47. The zero-order valence-corrected chi connectivity index (χ0v) is 18.5. The van der Waals surface area contributed by atoms with Crippen molar-refractivity contribution in [3.05, 3.63) is 56.8 Å². The lowest BCUT2D eigenvalue weighted by atomic mass is 9.69. The van der Waals surface area contributed by atoms with Gasteiger partial charge in [0.15, 0.2) is 5.78 Å². The maximum absolute atomic E-state index is 13.5. The smallest absolute Gasteiger partial charge is 0.336 e. The van der Waals surface area contributed by atoms with Gasteiger partial charge in [0, 0.05) is 27.4 Å². The van der Waals surface area contributed by atoms with Crippen LogP contribution in [-0.4, -0.2) is 31.4 Å². The Balaban J connectivity index is 2.18. The molecule has 7 heteroatoms. The highest BCUT2D eigenvalue weighted by Crippen LogP contribution is 2.45. The van der Waals surface area contributed by atoms with Gasteiger partial charge in [-0.1, -0.05) is 35.0 Å². The van der Waals surface area contributed by atoms with Crippen LogP contribution in [-0.2, 0) is 23.9 Å². The fourth-order valence-corrected chi connectivity index (χ4v) is 4.41. The second-order valence-corrected chi connectivity index (χ2v) is 8.22. The summed E-state index contributed by atoms with van der Waals surface area (Å²) >= 11 is 3.42. The molecule has 0 saturated heterocycles. The van der Waals surface area contributed by atoms with Crippen LogP contribution in [0.5, 0.6) is 0 Å². The molecule has 2 aliphatic rings. The van der Waals surface area contributed by atoms with Crippen LogP contribution in [0.25, 0.3) is 0 Å². The van der Waals surface area contributed by atoms with E-state index in [4.69, 9.17) is 9.47 Å². The Morgan fingerprint density at radius 1 is 1.24 bits per heavy atom. The standard InChI is InChI=1S/C22H24BrNO5/c1-5-29-22(27)17-12(3)24-15-10-11(2)16(21(26)28-4)20(25)19(15)18(17)13-6-8-14(23)9-7-13/h6-9,11,16,18,24H,5,10H2,1-4H3/t11-,16-,18-/m0/s1. The van der Waals surface area contributed by atoms with Crippen molar-refractivity contribution >= 4 is 33.7 Å². The highest BCUT2D eigenvalue weighted by atomic mass is 79.9. The van der Waals surface area contributed by atoms with Gasteiger partial charge in [-0.3, -0.25) is 9.59 Å². The summed E-state index contributed by atoms with van der Waals surface area (Å²) in [5, 5.41) is 3.23. The Labute approximate surface area is 178 Å². The largest absolute Gasteiger partial charge is 0.468 e. The third-order valence-corrected chi connectivity index (χ3v) is 5.97. The Hall–Kier alpha value is -2.41. The number of dihydropyridines is 1. The number of carbonyl (C=O) groups excluding carboxylic acids is 3. The van der Waals surface area contributed by atoms with E-state index in [-0.39, 0.29) is 18.3 Å². The van der Waals surface area contributed by atoms with Crippen LogP contribution in [0.1, 0.15) is 38.7 Å². The topological polar surface area (TPSA) is 81.7 Å². The lowest BCUT2D eigenvalue weighted by molar-refractivity contribution is -0.151. The molecule has 0 bridgehead atoms. The van der Waals surface area contributed by atoms with Crippen LogP contribution in [0.15, 0.2) is 51.3 Å². The molecule has 0 fully saturated rings. The average Bonchev–Trinajstić information content (AvgIpc) is 2.67. The molecule has 1 aliphatic heterocycles. The second-order valence-electron chi connectivity index (χ2n) is 7.31. The number of Topliss-reactive ketones (excluding diaryl/α,β-unsaturated/α-hetero) is 1. The molecule has 1 aliphatic carbocycles. The zero-order chi connectivity index (χ0) is 21.3. The van der Waals surface area contributed by atoms with Crippen molar-refractivity contribution in [3.63, 3.8) is 0 Å². The SMILES string of the molecule is CCOC(=O)C1=C(C)NC2=C(C(=O)[C@@H](C(=O)OC)[C@@H](C)C2)[C@H]1c1ccc(Br)cc1. The molecule has 1 aromatic carbocycles. The molecule has 1 heterocycles. The molecule has 0 saturated carbocycles. The fraction of sp³-hybridized carbons (Fsp3) is 0.409. The molecule has 3 atom stereocenters. The monoisotopic (exact) mass is 461 g/mol. The summed E-state index contributed by atoms with van der Waals surface area (Å²) in [6, 6.07) is 7.47. The minimum Gasteiger partial charge on any atom is -0.468 e. The summed E-state index contributed by atoms with van der Waals surface area (Å²) < 4.78 is 11.1. The number of carbonyl (C=O) groups is 3. The molecule has 1 aromatic rings. The third-order valence-electron chi connectivity index (χ3n) is 5.44. The number of halogens is 1. The van der Waals surface area contributed by atoms with Gasteiger partial charge in [-0.15, -0.1) is 0 Å². The number of ketones is 1.